The summed E-state index contributed by atoms with van der Waals surface area (Å²) in [6, 6.07) is 1.46. The monoisotopic (exact) mass is 349 g/mol. The van der Waals surface area contributed by atoms with Gasteiger partial charge in [-0.3, -0.25) is 4.79 Å². The Morgan fingerprint density at radius 2 is 2.00 bits per heavy atom. The molecule has 0 radical (unpaired) electrons. The first kappa shape index (κ1) is 18.0. The fourth-order valence-electron chi connectivity index (χ4n) is 2.81. The van der Waals surface area contributed by atoms with Crippen molar-refractivity contribution < 1.29 is 37.0 Å². The molecule has 1 fully saturated rings. The van der Waals surface area contributed by atoms with E-state index in [2.05, 4.69) is 4.74 Å². The molecule has 1 aromatic carbocycles. The lowest BCUT2D eigenvalue weighted by atomic mass is 9.87. The standard InChI is InChI=1S/C15H15F4NO4/c1-24-14(23)20-5-4-9(13(21)22)7-12(20)8-2-3-10(11(16)6-8)15(17,18)19/h2-3,6,9,12H,4-5,7H2,1H3,(H,21,22). The van der Waals surface area contributed by atoms with Crippen LogP contribution in [0.1, 0.15) is 30.0 Å². The molecule has 0 bridgehead atoms. The molecule has 2 rings (SSSR count). The quantitative estimate of drug-likeness (QED) is 0.831. The molecule has 1 saturated heterocycles. The van der Waals surface area contributed by atoms with Gasteiger partial charge in [0.1, 0.15) is 5.82 Å². The van der Waals surface area contributed by atoms with Crippen LogP contribution in [0, 0.1) is 11.7 Å². The topological polar surface area (TPSA) is 66.8 Å². The highest BCUT2D eigenvalue weighted by atomic mass is 19.4. The zero-order valence-electron chi connectivity index (χ0n) is 12.6. The molecule has 1 heterocycles. The number of hydrogen-bond donors (Lipinski definition) is 1. The lowest BCUT2D eigenvalue weighted by molar-refractivity contribution is -0.144. The number of rotatable bonds is 2. The Labute approximate surface area is 134 Å². The smallest absolute Gasteiger partial charge is 0.419 e. The van der Waals surface area contributed by atoms with E-state index in [1.807, 2.05) is 0 Å². The minimum absolute atomic E-state index is 0.0325. The van der Waals surface area contributed by atoms with Crippen LogP contribution < -0.4 is 0 Å². The van der Waals surface area contributed by atoms with Crippen LogP contribution in [-0.4, -0.2) is 35.7 Å². The summed E-state index contributed by atoms with van der Waals surface area (Å²) < 4.78 is 56.4. The van der Waals surface area contributed by atoms with Gasteiger partial charge in [0.05, 0.1) is 24.6 Å². The summed E-state index contributed by atoms with van der Waals surface area (Å²) in [4.78, 5) is 24.2. The zero-order chi connectivity index (χ0) is 18.1. The third kappa shape index (κ3) is 3.60. The maximum Gasteiger partial charge on any atom is 0.419 e. The van der Waals surface area contributed by atoms with Crippen LogP contribution in [0.25, 0.3) is 0 Å². The number of methoxy groups -OCH3 is 1. The van der Waals surface area contributed by atoms with E-state index in [9.17, 15) is 27.2 Å². The molecular formula is C15H15F4NO4. The first-order valence-electron chi connectivity index (χ1n) is 7.09. The molecule has 0 spiro atoms. The van der Waals surface area contributed by atoms with E-state index in [-0.39, 0.29) is 24.9 Å². The van der Waals surface area contributed by atoms with Crippen molar-refractivity contribution in [2.24, 2.45) is 5.92 Å². The summed E-state index contributed by atoms with van der Waals surface area (Å²) >= 11 is 0. The zero-order valence-corrected chi connectivity index (χ0v) is 12.6. The molecule has 0 saturated carbocycles. The number of alkyl halides is 3. The number of carbonyl (C=O) groups excluding carboxylic acids is 1. The number of hydrogen-bond acceptors (Lipinski definition) is 3. The lowest BCUT2D eigenvalue weighted by Gasteiger charge is -2.37. The van der Waals surface area contributed by atoms with E-state index in [0.29, 0.717) is 12.1 Å². The molecule has 1 amide bonds. The van der Waals surface area contributed by atoms with Gasteiger partial charge in [-0.05, 0) is 30.5 Å². The van der Waals surface area contributed by atoms with Gasteiger partial charge >= 0.3 is 18.2 Å². The Bertz CT molecular complexity index is 647. The summed E-state index contributed by atoms with van der Waals surface area (Å²) in [5.41, 5.74) is -1.32. The first-order chi connectivity index (χ1) is 11.1. The molecule has 24 heavy (non-hydrogen) atoms. The minimum Gasteiger partial charge on any atom is -0.481 e. The summed E-state index contributed by atoms with van der Waals surface area (Å²) in [6.45, 7) is 0.0525. The van der Waals surface area contributed by atoms with Crippen molar-refractivity contribution >= 4 is 12.1 Å². The van der Waals surface area contributed by atoms with E-state index in [1.54, 1.807) is 0 Å². The van der Waals surface area contributed by atoms with E-state index in [0.717, 1.165) is 13.2 Å². The molecule has 132 valence electrons. The number of likely N-dealkylation sites (tertiary alicyclic amines) is 1. The fourth-order valence-corrected chi connectivity index (χ4v) is 2.81. The van der Waals surface area contributed by atoms with Gasteiger partial charge in [-0.1, -0.05) is 6.07 Å². The fraction of sp³-hybridized carbons (Fsp3) is 0.467. The molecule has 1 aliphatic heterocycles. The van der Waals surface area contributed by atoms with Crippen molar-refractivity contribution in [3.05, 3.63) is 35.1 Å². The average molecular weight is 349 g/mol. The van der Waals surface area contributed by atoms with Gasteiger partial charge in [0.15, 0.2) is 0 Å². The molecule has 2 unspecified atom stereocenters. The second kappa shape index (κ2) is 6.66. The first-order valence-corrected chi connectivity index (χ1v) is 7.09. The van der Waals surface area contributed by atoms with Crippen molar-refractivity contribution in [1.29, 1.82) is 0 Å². The third-order valence-electron chi connectivity index (χ3n) is 4.04. The highest BCUT2D eigenvalue weighted by Gasteiger charge is 2.38. The maximum atomic E-state index is 13.8. The van der Waals surface area contributed by atoms with E-state index >= 15 is 0 Å². The molecule has 0 aliphatic carbocycles. The Balaban J connectivity index is 2.38. The van der Waals surface area contributed by atoms with E-state index < -0.39 is 41.6 Å². The number of benzene rings is 1. The lowest BCUT2D eigenvalue weighted by Crippen LogP contribution is -2.42. The van der Waals surface area contributed by atoms with Gasteiger partial charge in [-0.2, -0.15) is 13.2 Å². The van der Waals surface area contributed by atoms with Gasteiger partial charge in [0.25, 0.3) is 0 Å². The molecule has 5 nitrogen and oxygen atoms in total. The van der Waals surface area contributed by atoms with Crippen LogP contribution in [0.5, 0.6) is 0 Å². The van der Waals surface area contributed by atoms with Crippen LogP contribution >= 0.6 is 0 Å². The number of halogens is 4. The molecule has 2 atom stereocenters. The number of carboxylic acid groups (broad SMARTS) is 1. The van der Waals surface area contributed by atoms with Crippen LogP contribution in [0.15, 0.2) is 18.2 Å². The summed E-state index contributed by atoms with van der Waals surface area (Å²) in [6.07, 6.45) is -5.43. The van der Waals surface area contributed by atoms with Crippen LogP contribution in [0.2, 0.25) is 0 Å². The number of piperidine rings is 1. The number of aliphatic carboxylic acids is 1. The van der Waals surface area contributed by atoms with Crippen molar-refractivity contribution in [3.8, 4) is 0 Å². The van der Waals surface area contributed by atoms with Gasteiger partial charge in [0.2, 0.25) is 0 Å². The predicted molar refractivity (Wildman–Crippen MR) is 73.6 cm³/mol. The van der Waals surface area contributed by atoms with Crippen LogP contribution in [0.4, 0.5) is 22.4 Å². The molecule has 9 heteroatoms. The Morgan fingerprint density at radius 1 is 1.33 bits per heavy atom. The van der Waals surface area contributed by atoms with Crippen molar-refractivity contribution in [2.75, 3.05) is 13.7 Å². The normalized spacial score (nSPS) is 21.5. The predicted octanol–water partition coefficient (Wildman–Crippen LogP) is 3.45. The number of carboxylic acids is 1. The minimum atomic E-state index is -4.83. The highest BCUT2D eigenvalue weighted by molar-refractivity contribution is 5.72. The molecule has 0 aromatic heterocycles. The number of ether oxygens (including phenoxy) is 1. The van der Waals surface area contributed by atoms with Crippen LogP contribution in [0.3, 0.4) is 0 Å². The Hall–Kier alpha value is -2.32. The van der Waals surface area contributed by atoms with Crippen molar-refractivity contribution in [2.45, 2.75) is 25.1 Å². The summed E-state index contributed by atoms with van der Waals surface area (Å²) in [5.74, 6) is -3.32. The number of nitrogens with zero attached hydrogens (tertiary/aromatic N) is 1. The Morgan fingerprint density at radius 3 is 2.50 bits per heavy atom. The molecular weight excluding hydrogens is 334 g/mol. The van der Waals surface area contributed by atoms with Crippen molar-refractivity contribution in [1.82, 2.24) is 4.90 Å². The van der Waals surface area contributed by atoms with Crippen molar-refractivity contribution in [3.63, 3.8) is 0 Å². The van der Waals surface area contributed by atoms with Gasteiger partial charge in [-0.15, -0.1) is 0 Å². The second-order valence-electron chi connectivity index (χ2n) is 5.48. The largest absolute Gasteiger partial charge is 0.481 e. The number of carbonyl (C=O) groups is 2. The molecule has 1 aliphatic rings. The number of amides is 1. The van der Waals surface area contributed by atoms with E-state index in [4.69, 9.17) is 5.11 Å². The molecule has 1 aromatic rings. The summed E-state index contributed by atoms with van der Waals surface area (Å²) in [5, 5.41) is 9.13. The van der Waals surface area contributed by atoms with Gasteiger partial charge < -0.3 is 14.7 Å². The van der Waals surface area contributed by atoms with Gasteiger partial charge in [0, 0.05) is 6.54 Å². The van der Waals surface area contributed by atoms with Crippen LogP contribution in [-0.2, 0) is 15.7 Å². The Kier molecular flexibility index (Phi) is 5.00. The maximum absolute atomic E-state index is 13.8. The average Bonchev–Trinajstić information content (AvgIpc) is 2.52. The highest BCUT2D eigenvalue weighted by Crippen LogP contribution is 2.37. The van der Waals surface area contributed by atoms with Gasteiger partial charge in [-0.25, -0.2) is 9.18 Å². The van der Waals surface area contributed by atoms with E-state index in [1.165, 1.54) is 4.90 Å². The SMILES string of the molecule is COC(=O)N1CCC(C(=O)O)CC1c1ccc(C(F)(F)F)c(F)c1. The molecule has 1 N–H and O–H groups in total. The third-order valence-corrected chi connectivity index (χ3v) is 4.04. The summed E-state index contributed by atoms with van der Waals surface area (Å²) in [7, 11) is 1.13. The second-order valence-corrected chi connectivity index (χ2v) is 5.48.